The summed E-state index contributed by atoms with van der Waals surface area (Å²) in [5, 5.41) is 25.4. The van der Waals surface area contributed by atoms with Crippen LogP contribution < -0.4 is 61.9 Å². The first kappa shape index (κ1) is 70.6. The van der Waals surface area contributed by atoms with Crippen LogP contribution >= 0.6 is 45.6 Å². The Balaban J connectivity index is 0.000000256. The van der Waals surface area contributed by atoms with Crippen LogP contribution in [0.2, 0.25) is 5.15 Å². The zero-order chi connectivity index (χ0) is 61.0. The molecule has 0 aliphatic heterocycles. The first-order valence-corrected chi connectivity index (χ1v) is 31.8. The molecule has 0 saturated carbocycles. The van der Waals surface area contributed by atoms with E-state index in [9.17, 15) is 39.6 Å². The third kappa shape index (κ3) is 21.3. The van der Waals surface area contributed by atoms with Crippen LogP contribution in [0.5, 0.6) is 0 Å². The Morgan fingerprint density at radius 1 is 0.500 bits per heavy atom. The maximum absolute atomic E-state index is 12.0. The topological polar surface area (TPSA) is 424 Å². The van der Waals surface area contributed by atoms with Crippen molar-refractivity contribution in [2.75, 3.05) is 63.8 Å². The second kappa shape index (κ2) is 33.1. The SMILES string of the molecule is CCS(=O)(=O)c1cccc(Nc2cc(Cl)ncn2)c1.CCS(=O)(=O)c1cccc(Nc2cc(Nc3ncc(C(=O)O)s3)ncn2)c1.CCS(=O)(=O)c1cccc(Nc2cc(Nc3ncc(C(=O)OC)s3)ncn2)c1.COC(=O)c1cnc(N)s1.[Na+].[OH-]. The van der Waals surface area contributed by atoms with E-state index in [4.69, 9.17) is 22.4 Å². The van der Waals surface area contributed by atoms with Gasteiger partial charge in [0.1, 0.15) is 67.9 Å². The minimum Gasteiger partial charge on any atom is -0.870 e. The van der Waals surface area contributed by atoms with Gasteiger partial charge in [-0.05, 0) is 54.6 Å². The number of aromatic carboxylic acids is 1. The summed E-state index contributed by atoms with van der Waals surface area (Å²) in [7, 11) is -7.20. The van der Waals surface area contributed by atoms with Gasteiger partial charge in [-0.25, -0.2) is 84.5 Å². The third-order valence-corrected chi connectivity index (χ3v) is 18.5. The number of nitrogen functional groups attached to an aromatic ring is 1. The predicted octanol–water partition coefficient (Wildman–Crippen LogP) is 5.92. The molecule has 0 fully saturated rings. The molecule has 0 aliphatic rings. The minimum atomic E-state index is -3.31. The second-order valence-corrected chi connectivity index (χ2v) is 26.5. The number of hydrogen-bond donors (Lipinski definition) is 7. The molecule has 9 N–H and O–H groups in total. The molecule has 9 aromatic rings. The zero-order valence-corrected chi connectivity index (χ0v) is 53.7. The number of benzene rings is 3. The molecule has 3 aromatic carbocycles. The summed E-state index contributed by atoms with van der Waals surface area (Å²) in [5.41, 5.74) is 7.05. The number of sulfone groups is 3. The average Bonchev–Trinajstić information content (AvgIpc) is 3.18. The van der Waals surface area contributed by atoms with Crippen molar-refractivity contribution in [2.45, 2.75) is 35.5 Å². The molecular weight excluding hydrogens is 1270 g/mol. The first-order chi connectivity index (χ1) is 40.0. The van der Waals surface area contributed by atoms with Crippen molar-refractivity contribution < 1.29 is 89.3 Å². The quantitative estimate of drug-likeness (QED) is 0.0280. The molecule has 0 aliphatic carbocycles. The number of nitrogens with zero attached hydrogens (tertiary/aromatic N) is 9. The molecule has 0 saturated heterocycles. The van der Waals surface area contributed by atoms with Crippen LogP contribution in [-0.4, -0.2) is 130 Å². The number of carboxylic acids is 1. The van der Waals surface area contributed by atoms with Gasteiger partial charge < -0.3 is 52.4 Å². The number of carbonyl (C=O) groups is 3. The summed E-state index contributed by atoms with van der Waals surface area (Å²) < 4.78 is 80.7. The number of methoxy groups -OCH3 is 2. The van der Waals surface area contributed by atoms with E-state index in [1.165, 1.54) is 57.9 Å². The second-order valence-electron chi connectivity index (χ2n) is 16.1. The van der Waals surface area contributed by atoms with Crippen molar-refractivity contribution in [1.29, 1.82) is 0 Å². The summed E-state index contributed by atoms with van der Waals surface area (Å²) in [6.07, 6.45) is 8.08. The maximum Gasteiger partial charge on any atom is 1.00 e. The number of carboxylic acid groups (broad SMARTS) is 1. The molecule has 0 unspecified atom stereocenters. The summed E-state index contributed by atoms with van der Waals surface area (Å²) in [5.74, 6) is 0.489. The van der Waals surface area contributed by atoms with Crippen molar-refractivity contribution in [3.8, 4) is 0 Å². The van der Waals surface area contributed by atoms with Crippen LogP contribution in [0, 0.1) is 0 Å². The van der Waals surface area contributed by atoms with Gasteiger partial charge in [-0.1, -0.05) is 84.6 Å². The van der Waals surface area contributed by atoms with Crippen LogP contribution in [0.15, 0.2) is 143 Å². The summed E-state index contributed by atoms with van der Waals surface area (Å²) in [6.45, 7) is 4.80. The van der Waals surface area contributed by atoms with Gasteiger partial charge in [-0.2, -0.15) is 0 Å². The molecule has 0 radical (unpaired) electrons. The smallest absolute Gasteiger partial charge is 0.870 e. The van der Waals surface area contributed by atoms with Crippen molar-refractivity contribution >= 4 is 155 Å². The van der Waals surface area contributed by atoms with Crippen molar-refractivity contribution in [3.05, 3.63) is 148 Å². The number of aromatic nitrogens is 9. The van der Waals surface area contributed by atoms with Crippen LogP contribution in [0.4, 0.5) is 61.5 Å². The van der Waals surface area contributed by atoms with Gasteiger partial charge in [-0.15, -0.1) is 0 Å². The Kier molecular flexibility index (Phi) is 27.2. The van der Waals surface area contributed by atoms with Gasteiger partial charge in [0.25, 0.3) is 0 Å². The van der Waals surface area contributed by atoms with E-state index in [0.29, 0.717) is 76.5 Å². The Morgan fingerprint density at radius 3 is 1.17 bits per heavy atom. The van der Waals surface area contributed by atoms with E-state index in [1.807, 2.05) is 0 Å². The molecule has 86 heavy (non-hydrogen) atoms. The number of thiazole rings is 3. The normalized spacial score (nSPS) is 10.7. The average molecular weight is 1320 g/mol. The third-order valence-electron chi connectivity index (χ3n) is 10.5. The Bertz CT molecular complexity index is 4110. The maximum atomic E-state index is 12.0. The van der Waals surface area contributed by atoms with Gasteiger partial charge in [0.05, 0.1) is 64.8 Å². The largest absolute Gasteiger partial charge is 1.00 e. The fourth-order valence-corrected chi connectivity index (χ4v) is 11.2. The Morgan fingerprint density at radius 2 is 0.837 bits per heavy atom. The van der Waals surface area contributed by atoms with E-state index in [-0.39, 0.29) is 71.9 Å². The van der Waals surface area contributed by atoms with Gasteiger partial charge in [-0.3, -0.25) is 0 Å². The van der Waals surface area contributed by atoms with Crippen molar-refractivity contribution in [3.63, 3.8) is 0 Å². The Hall–Kier alpha value is -7.90. The summed E-state index contributed by atoms with van der Waals surface area (Å²) in [6, 6.07) is 24.3. The summed E-state index contributed by atoms with van der Waals surface area (Å²) in [4.78, 5) is 70.7. The van der Waals surface area contributed by atoms with Crippen molar-refractivity contribution in [2.24, 2.45) is 0 Å². The number of halogens is 1. The molecule has 0 spiro atoms. The fraction of sp³-hybridized carbons (Fsp3) is 0.160. The molecule has 6 aromatic heterocycles. The molecule has 0 amide bonds. The van der Waals surface area contributed by atoms with E-state index in [2.05, 4.69) is 80.9 Å². The van der Waals surface area contributed by atoms with Crippen LogP contribution in [0.1, 0.15) is 49.8 Å². The number of hydrogen-bond acceptors (Lipinski definition) is 30. The van der Waals surface area contributed by atoms with Crippen molar-refractivity contribution in [1.82, 2.24) is 44.9 Å². The number of nitrogens with two attached hydrogens (primary N) is 1. The molecule has 9 rings (SSSR count). The standard InChI is InChI=1S/C17H17N5O4S2.C16H15N5O4S2.C12H12ClN3O2S.C5H6N2O2S.Na.H2O/c1-3-28(24,25)12-6-4-5-11(7-12)21-14-8-15(20-10-19-14)22-17-18-9-13(27-17)16(23)26-2;1-2-27(24,25)11-5-3-4-10(6-11)20-13-7-14(19-9-18-13)21-16-17-8-12(26-16)15(22)23;1-2-19(17,18)10-5-3-4-9(6-10)16-12-7-11(13)14-8-15-12;1-9-4(8)3-2-7-5(6)10-3;;/h4-10H,3H2,1-2H3,(H2,18,19,20,21,22);3-9H,2H2,1H3,(H,22,23)(H2,17,18,19,20,21);3-8H,2H2,1H3,(H,14,15,16);2H,1H3,(H2,6,7);;1H2/q;;;;+1;/p-1. The number of nitrogens with one attached hydrogen (secondary N) is 5. The number of carbonyl (C=O) groups excluding carboxylic acids is 2. The van der Waals surface area contributed by atoms with Crippen LogP contribution in [0.3, 0.4) is 0 Å². The van der Waals surface area contributed by atoms with Gasteiger partial charge in [0.15, 0.2) is 44.9 Å². The molecule has 0 bridgehead atoms. The zero-order valence-electron chi connectivity index (χ0n) is 46.1. The van der Waals surface area contributed by atoms with Gasteiger partial charge in [0, 0.05) is 35.3 Å². The first-order valence-electron chi connectivity index (χ1n) is 24.0. The van der Waals surface area contributed by atoms with E-state index < -0.39 is 47.4 Å². The number of anilines is 11. The van der Waals surface area contributed by atoms with Gasteiger partial charge in [0.2, 0.25) is 0 Å². The van der Waals surface area contributed by atoms with E-state index >= 15 is 0 Å². The van der Waals surface area contributed by atoms with E-state index in [0.717, 1.165) is 34.0 Å². The summed E-state index contributed by atoms with van der Waals surface area (Å²) >= 11 is 8.98. The van der Waals surface area contributed by atoms with Gasteiger partial charge >= 0.3 is 47.5 Å². The van der Waals surface area contributed by atoms with E-state index in [1.54, 1.807) is 106 Å². The molecule has 28 nitrogen and oxygen atoms in total. The molecular formula is C50H51ClN15NaO13S6. The molecule has 0 atom stereocenters. The number of esters is 2. The number of rotatable bonds is 19. The fourth-order valence-electron chi connectivity index (χ4n) is 6.29. The number of ether oxygens (including phenoxy) is 2. The Labute approximate surface area is 531 Å². The minimum absolute atomic E-state index is 0. The monoisotopic (exact) mass is 1320 g/mol. The predicted molar refractivity (Wildman–Crippen MR) is 322 cm³/mol. The molecule has 36 heteroatoms. The molecule has 6 heterocycles. The molecule has 448 valence electrons. The van der Waals surface area contributed by atoms with Crippen LogP contribution in [-0.2, 0) is 39.0 Å². The van der Waals surface area contributed by atoms with Crippen LogP contribution in [0.25, 0.3) is 0 Å².